The quantitative estimate of drug-likeness (QED) is 0.820. The first-order chi connectivity index (χ1) is 8.74. The highest BCUT2D eigenvalue weighted by atomic mass is 32.2. The second-order valence-electron chi connectivity index (χ2n) is 4.24. The van der Waals surface area contributed by atoms with E-state index >= 15 is 0 Å². The van der Waals surface area contributed by atoms with Crippen LogP contribution >= 0.6 is 0 Å². The zero-order valence-electron chi connectivity index (χ0n) is 10.9. The molecule has 1 atom stereocenters. The molecule has 0 spiro atoms. The van der Waals surface area contributed by atoms with Gasteiger partial charge in [0.05, 0.1) is 11.3 Å². The minimum atomic E-state index is -3.21. The van der Waals surface area contributed by atoms with E-state index in [9.17, 15) is 17.6 Å². The summed E-state index contributed by atoms with van der Waals surface area (Å²) in [6.45, 7) is 1.54. The predicted molar refractivity (Wildman–Crippen MR) is 70.4 cm³/mol. The number of carbonyl (C=O) groups excluding carboxylic acids is 1. The summed E-state index contributed by atoms with van der Waals surface area (Å²) >= 11 is 0. The molecule has 0 radical (unpaired) electrons. The zero-order chi connectivity index (χ0) is 14.6. The summed E-state index contributed by atoms with van der Waals surface area (Å²) in [7, 11) is -1.72. The molecule has 19 heavy (non-hydrogen) atoms. The topological polar surface area (TPSA) is 88.2 Å². The molecule has 1 aromatic rings. The van der Waals surface area contributed by atoms with Crippen molar-refractivity contribution < 1.29 is 17.6 Å². The Hall–Kier alpha value is -1.70. The summed E-state index contributed by atoms with van der Waals surface area (Å²) in [4.78, 5) is 15.5. The molecular formula is C11H16FN3O3S. The van der Waals surface area contributed by atoms with E-state index < -0.39 is 27.6 Å². The molecule has 0 aliphatic rings. The Morgan fingerprint density at radius 2 is 2.16 bits per heavy atom. The molecule has 8 heteroatoms. The number of hydrogen-bond donors (Lipinski definition) is 2. The van der Waals surface area contributed by atoms with Gasteiger partial charge in [0.2, 0.25) is 0 Å². The lowest BCUT2D eigenvalue weighted by molar-refractivity contribution is 0.0939. The molecule has 0 bridgehead atoms. The molecule has 0 saturated heterocycles. The number of nitrogens with zero attached hydrogens (tertiary/aromatic N) is 1. The first kappa shape index (κ1) is 15.4. The highest BCUT2D eigenvalue weighted by Gasteiger charge is 2.18. The van der Waals surface area contributed by atoms with Crippen molar-refractivity contribution >= 4 is 21.6 Å². The van der Waals surface area contributed by atoms with E-state index in [4.69, 9.17) is 0 Å². The summed E-state index contributed by atoms with van der Waals surface area (Å²) < 4.78 is 36.0. The molecule has 0 saturated carbocycles. The number of sulfone groups is 1. The summed E-state index contributed by atoms with van der Waals surface area (Å²) in [6, 6.07) is 0.631. The van der Waals surface area contributed by atoms with Gasteiger partial charge in [-0.25, -0.2) is 17.8 Å². The maximum atomic E-state index is 13.8. The maximum Gasteiger partial charge on any atom is 0.254 e. The number of aromatic nitrogens is 1. The van der Waals surface area contributed by atoms with E-state index in [0.717, 1.165) is 6.26 Å². The molecule has 1 amide bonds. The van der Waals surface area contributed by atoms with Crippen molar-refractivity contribution in [2.45, 2.75) is 13.0 Å². The van der Waals surface area contributed by atoms with E-state index in [2.05, 4.69) is 15.6 Å². The molecule has 6 nitrogen and oxygen atoms in total. The molecule has 0 aliphatic carbocycles. The smallest absolute Gasteiger partial charge is 0.254 e. The Balaban J connectivity index is 2.84. The Morgan fingerprint density at radius 1 is 1.53 bits per heavy atom. The van der Waals surface area contributed by atoms with Crippen LogP contribution < -0.4 is 10.6 Å². The number of pyridine rings is 1. The number of halogens is 1. The predicted octanol–water partition coefficient (Wildman–Crippen LogP) is 0.425. The van der Waals surface area contributed by atoms with E-state index in [1.165, 1.54) is 26.2 Å². The van der Waals surface area contributed by atoms with Crippen LogP contribution in [0.3, 0.4) is 0 Å². The lowest BCUT2D eigenvalue weighted by Crippen LogP contribution is -2.37. The lowest BCUT2D eigenvalue weighted by atomic mass is 10.2. The summed E-state index contributed by atoms with van der Waals surface area (Å²) in [5.74, 6) is -1.69. The molecule has 0 fully saturated rings. The van der Waals surface area contributed by atoms with Crippen LogP contribution in [0.4, 0.5) is 10.2 Å². The SMILES string of the molecule is CNc1nccc(C(=O)NC(C)CS(C)(=O)=O)c1F. The van der Waals surface area contributed by atoms with Gasteiger partial charge < -0.3 is 10.6 Å². The number of rotatable bonds is 5. The fourth-order valence-corrected chi connectivity index (χ4v) is 2.58. The molecule has 1 heterocycles. The van der Waals surface area contributed by atoms with Gasteiger partial charge in [0.15, 0.2) is 11.6 Å². The largest absolute Gasteiger partial charge is 0.371 e. The van der Waals surface area contributed by atoms with Gasteiger partial charge in [-0.05, 0) is 13.0 Å². The third-order valence-electron chi connectivity index (χ3n) is 2.30. The Labute approximate surface area is 111 Å². The molecule has 2 N–H and O–H groups in total. The van der Waals surface area contributed by atoms with Crippen molar-refractivity contribution in [3.63, 3.8) is 0 Å². The zero-order valence-corrected chi connectivity index (χ0v) is 11.7. The van der Waals surface area contributed by atoms with Gasteiger partial charge in [-0.1, -0.05) is 0 Å². The normalized spacial score (nSPS) is 12.8. The summed E-state index contributed by atoms with van der Waals surface area (Å²) in [6.07, 6.45) is 2.37. The minimum absolute atomic E-state index is 0.0385. The standard InChI is InChI=1S/C11H16FN3O3S/c1-7(6-19(3,17)18)15-11(16)8-4-5-14-10(13-2)9(8)12/h4-5,7H,6H2,1-3H3,(H,13,14)(H,15,16). The van der Waals surface area contributed by atoms with Crippen LogP contribution in [0, 0.1) is 5.82 Å². The second kappa shape index (κ2) is 5.96. The Kier molecular flexibility index (Phi) is 4.82. The number of anilines is 1. The van der Waals surface area contributed by atoms with Crippen LogP contribution in [-0.4, -0.2) is 44.4 Å². The Morgan fingerprint density at radius 3 is 2.68 bits per heavy atom. The molecule has 1 aromatic heterocycles. The van der Waals surface area contributed by atoms with E-state index in [-0.39, 0.29) is 17.1 Å². The van der Waals surface area contributed by atoms with Crippen LogP contribution in [0.2, 0.25) is 0 Å². The van der Waals surface area contributed by atoms with Gasteiger partial charge in [0.1, 0.15) is 9.84 Å². The Bertz CT molecular complexity index is 575. The molecule has 106 valence electrons. The first-order valence-electron chi connectivity index (χ1n) is 5.55. The van der Waals surface area contributed by atoms with Gasteiger partial charge in [-0.15, -0.1) is 0 Å². The average Bonchev–Trinajstić information content (AvgIpc) is 2.26. The number of carbonyl (C=O) groups is 1. The fourth-order valence-electron chi connectivity index (χ4n) is 1.59. The number of nitrogens with one attached hydrogen (secondary N) is 2. The monoisotopic (exact) mass is 289 g/mol. The van der Waals surface area contributed by atoms with Crippen molar-refractivity contribution in [1.29, 1.82) is 0 Å². The molecule has 0 aliphatic heterocycles. The van der Waals surface area contributed by atoms with Gasteiger partial charge in [0, 0.05) is 25.5 Å². The van der Waals surface area contributed by atoms with Crippen molar-refractivity contribution in [3.05, 3.63) is 23.6 Å². The number of hydrogen-bond acceptors (Lipinski definition) is 5. The highest BCUT2D eigenvalue weighted by Crippen LogP contribution is 2.14. The van der Waals surface area contributed by atoms with Crippen molar-refractivity contribution in [3.8, 4) is 0 Å². The van der Waals surface area contributed by atoms with Crippen LogP contribution in [-0.2, 0) is 9.84 Å². The van der Waals surface area contributed by atoms with Crippen molar-refractivity contribution in [2.24, 2.45) is 0 Å². The first-order valence-corrected chi connectivity index (χ1v) is 7.61. The van der Waals surface area contributed by atoms with Crippen LogP contribution in [0.5, 0.6) is 0 Å². The second-order valence-corrected chi connectivity index (χ2v) is 6.42. The fraction of sp³-hybridized carbons (Fsp3) is 0.455. The van der Waals surface area contributed by atoms with Gasteiger partial charge in [0.25, 0.3) is 5.91 Å². The third kappa shape index (κ3) is 4.47. The van der Waals surface area contributed by atoms with E-state index in [0.29, 0.717) is 0 Å². The summed E-state index contributed by atoms with van der Waals surface area (Å²) in [5.41, 5.74) is -0.181. The van der Waals surface area contributed by atoms with Gasteiger partial charge in [-0.2, -0.15) is 0 Å². The molecule has 0 aromatic carbocycles. The summed E-state index contributed by atoms with van der Waals surface area (Å²) in [5, 5.41) is 4.95. The van der Waals surface area contributed by atoms with Crippen molar-refractivity contribution in [1.82, 2.24) is 10.3 Å². The number of amides is 1. The van der Waals surface area contributed by atoms with Gasteiger partial charge in [-0.3, -0.25) is 4.79 Å². The van der Waals surface area contributed by atoms with Crippen LogP contribution in [0.1, 0.15) is 17.3 Å². The van der Waals surface area contributed by atoms with E-state index in [1.807, 2.05) is 0 Å². The molecular weight excluding hydrogens is 273 g/mol. The molecule has 1 unspecified atom stereocenters. The van der Waals surface area contributed by atoms with Crippen molar-refractivity contribution in [2.75, 3.05) is 24.4 Å². The average molecular weight is 289 g/mol. The highest BCUT2D eigenvalue weighted by molar-refractivity contribution is 7.90. The molecule has 1 rings (SSSR count). The van der Waals surface area contributed by atoms with E-state index in [1.54, 1.807) is 0 Å². The maximum absolute atomic E-state index is 13.8. The van der Waals surface area contributed by atoms with Gasteiger partial charge >= 0.3 is 0 Å². The minimum Gasteiger partial charge on any atom is -0.371 e. The third-order valence-corrected chi connectivity index (χ3v) is 3.41. The lowest BCUT2D eigenvalue weighted by Gasteiger charge is -2.13. The van der Waals surface area contributed by atoms with Crippen LogP contribution in [0.25, 0.3) is 0 Å². The van der Waals surface area contributed by atoms with Crippen LogP contribution in [0.15, 0.2) is 12.3 Å².